The SMILES string of the molecule is N#Cc1ccc2[nH]cc(C(=O)c3cccc(Cl)c3)c2c1. The molecule has 3 aromatic rings. The highest BCUT2D eigenvalue weighted by atomic mass is 35.5. The van der Waals surface area contributed by atoms with Crippen molar-refractivity contribution in [1.82, 2.24) is 4.98 Å². The number of fused-ring (bicyclic) bond motifs is 1. The number of nitrogens with zero attached hydrogens (tertiary/aromatic N) is 1. The number of aromatic nitrogens is 1. The second-order valence-corrected chi connectivity index (χ2v) is 4.85. The summed E-state index contributed by atoms with van der Waals surface area (Å²) in [4.78, 5) is 15.6. The number of rotatable bonds is 2. The van der Waals surface area contributed by atoms with Crippen LogP contribution in [0.3, 0.4) is 0 Å². The summed E-state index contributed by atoms with van der Waals surface area (Å²) in [7, 11) is 0. The molecule has 0 fully saturated rings. The van der Waals surface area contributed by atoms with E-state index in [0.29, 0.717) is 21.7 Å². The maximum absolute atomic E-state index is 12.5. The van der Waals surface area contributed by atoms with Gasteiger partial charge in [0.15, 0.2) is 5.78 Å². The number of carbonyl (C=O) groups excluding carboxylic acids is 1. The first-order valence-corrected chi connectivity index (χ1v) is 6.38. The van der Waals surface area contributed by atoms with E-state index in [4.69, 9.17) is 16.9 Å². The molecule has 1 aromatic heterocycles. The van der Waals surface area contributed by atoms with Crippen LogP contribution in [-0.2, 0) is 0 Å². The fraction of sp³-hybridized carbons (Fsp3) is 0. The van der Waals surface area contributed by atoms with Crippen molar-refractivity contribution in [1.29, 1.82) is 5.26 Å². The molecule has 0 aliphatic carbocycles. The minimum atomic E-state index is -0.117. The number of nitrogens with one attached hydrogen (secondary N) is 1. The van der Waals surface area contributed by atoms with E-state index in [9.17, 15) is 4.79 Å². The Morgan fingerprint density at radius 3 is 2.80 bits per heavy atom. The number of carbonyl (C=O) groups is 1. The highest BCUT2D eigenvalue weighted by Gasteiger charge is 2.14. The lowest BCUT2D eigenvalue weighted by atomic mass is 10.0. The first-order valence-electron chi connectivity index (χ1n) is 6.00. The summed E-state index contributed by atoms with van der Waals surface area (Å²) < 4.78 is 0. The molecule has 0 bridgehead atoms. The molecule has 1 heterocycles. The summed E-state index contributed by atoms with van der Waals surface area (Å²) in [6, 6.07) is 14.1. The fourth-order valence-electron chi connectivity index (χ4n) is 2.16. The minimum Gasteiger partial charge on any atom is -0.360 e. The van der Waals surface area contributed by atoms with E-state index in [0.717, 1.165) is 10.9 Å². The van der Waals surface area contributed by atoms with Gasteiger partial charge >= 0.3 is 0 Å². The Bertz CT molecular complexity index is 858. The van der Waals surface area contributed by atoms with Gasteiger partial charge in [-0.2, -0.15) is 5.26 Å². The van der Waals surface area contributed by atoms with Crippen molar-refractivity contribution in [2.24, 2.45) is 0 Å². The maximum atomic E-state index is 12.5. The number of hydrogen-bond donors (Lipinski definition) is 1. The van der Waals surface area contributed by atoms with Gasteiger partial charge in [-0.1, -0.05) is 23.7 Å². The van der Waals surface area contributed by atoms with Crippen LogP contribution in [0.4, 0.5) is 0 Å². The number of aromatic amines is 1. The Morgan fingerprint density at radius 1 is 1.20 bits per heavy atom. The summed E-state index contributed by atoms with van der Waals surface area (Å²) in [6.07, 6.45) is 1.66. The number of nitriles is 1. The van der Waals surface area contributed by atoms with E-state index in [1.165, 1.54) is 0 Å². The fourth-order valence-corrected chi connectivity index (χ4v) is 2.35. The van der Waals surface area contributed by atoms with Crippen molar-refractivity contribution in [3.63, 3.8) is 0 Å². The zero-order chi connectivity index (χ0) is 14.1. The van der Waals surface area contributed by atoms with Gasteiger partial charge in [0, 0.05) is 33.2 Å². The molecule has 0 saturated carbocycles. The van der Waals surface area contributed by atoms with Gasteiger partial charge in [0.2, 0.25) is 0 Å². The highest BCUT2D eigenvalue weighted by Crippen LogP contribution is 2.23. The lowest BCUT2D eigenvalue weighted by Crippen LogP contribution is -2.00. The summed E-state index contributed by atoms with van der Waals surface area (Å²) >= 11 is 5.91. The van der Waals surface area contributed by atoms with E-state index in [1.807, 2.05) is 0 Å². The standard InChI is InChI=1S/C16H9ClN2O/c17-12-3-1-2-11(7-12)16(20)14-9-19-15-5-4-10(8-18)6-13(14)15/h1-7,9,19H. The third kappa shape index (κ3) is 2.07. The van der Waals surface area contributed by atoms with Crippen LogP contribution in [0.15, 0.2) is 48.7 Å². The molecule has 0 atom stereocenters. The molecule has 0 radical (unpaired) electrons. The number of benzene rings is 2. The number of ketones is 1. The van der Waals surface area contributed by atoms with Crippen molar-refractivity contribution in [2.75, 3.05) is 0 Å². The molecule has 3 nitrogen and oxygen atoms in total. The second-order valence-electron chi connectivity index (χ2n) is 4.41. The molecule has 0 aliphatic rings. The van der Waals surface area contributed by atoms with Crippen molar-refractivity contribution in [3.8, 4) is 6.07 Å². The Labute approximate surface area is 120 Å². The topological polar surface area (TPSA) is 56.6 Å². The van der Waals surface area contributed by atoms with Gasteiger partial charge in [0.1, 0.15) is 0 Å². The van der Waals surface area contributed by atoms with Crippen LogP contribution in [0.1, 0.15) is 21.5 Å². The van der Waals surface area contributed by atoms with Gasteiger partial charge in [0.05, 0.1) is 11.6 Å². The second kappa shape index (κ2) is 4.84. The molecule has 3 rings (SSSR count). The van der Waals surface area contributed by atoms with E-state index in [2.05, 4.69) is 11.1 Å². The third-order valence-corrected chi connectivity index (χ3v) is 3.38. The molecule has 20 heavy (non-hydrogen) atoms. The van der Waals surface area contributed by atoms with Gasteiger partial charge in [-0.05, 0) is 30.3 Å². The van der Waals surface area contributed by atoms with Crippen LogP contribution >= 0.6 is 11.6 Å². The highest BCUT2D eigenvalue weighted by molar-refractivity contribution is 6.31. The molecule has 96 valence electrons. The van der Waals surface area contributed by atoms with E-state index >= 15 is 0 Å². The average Bonchev–Trinajstić information content (AvgIpc) is 2.89. The predicted octanol–water partition coefficient (Wildman–Crippen LogP) is 3.92. The van der Waals surface area contributed by atoms with E-state index in [-0.39, 0.29) is 5.78 Å². The Balaban J connectivity index is 2.15. The molecule has 1 N–H and O–H groups in total. The lowest BCUT2D eigenvalue weighted by molar-refractivity contribution is 0.104. The zero-order valence-electron chi connectivity index (χ0n) is 10.4. The van der Waals surface area contributed by atoms with Gasteiger partial charge in [0.25, 0.3) is 0 Å². The number of H-pyrrole nitrogens is 1. The van der Waals surface area contributed by atoms with Crippen molar-refractivity contribution >= 4 is 28.3 Å². The average molecular weight is 281 g/mol. The van der Waals surface area contributed by atoms with Crippen molar-refractivity contribution < 1.29 is 4.79 Å². The summed E-state index contributed by atoms with van der Waals surface area (Å²) in [5.74, 6) is -0.117. The first kappa shape index (κ1) is 12.5. The third-order valence-electron chi connectivity index (χ3n) is 3.14. The van der Waals surface area contributed by atoms with E-state index in [1.54, 1.807) is 48.7 Å². The van der Waals surface area contributed by atoms with Crippen LogP contribution < -0.4 is 0 Å². The largest absolute Gasteiger partial charge is 0.360 e. The Morgan fingerprint density at radius 2 is 2.05 bits per heavy atom. The molecule has 0 amide bonds. The van der Waals surface area contributed by atoms with Gasteiger partial charge in [-0.25, -0.2) is 0 Å². The van der Waals surface area contributed by atoms with Gasteiger partial charge in [-0.3, -0.25) is 4.79 Å². The van der Waals surface area contributed by atoms with Crippen molar-refractivity contribution in [2.45, 2.75) is 0 Å². The van der Waals surface area contributed by atoms with Gasteiger partial charge in [-0.15, -0.1) is 0 Å². The molecular weight excluding hydrogens is 272 g/mol. The monoisotopic (exact) mass is 280 g/mol. The van der Waals surface area contributed by atoms with Crippen LogP contribution in [0, 0.1) is 11.3 Å². The zero-order valence-corrected chi connectivity index (χ0v) is 11.1. The number of hydrogen-bond acceptors (Lipinski definition) is 2. The normalized spacial score (nSPS) is 10.4. The molecule has 0 aliphatic heterocycles. The Hall–Kier alpha value is -2.57. The summed E-state index contributed by atoms with van der Waals surface area (Å²) in [6.45, 7) is 0. The van der Waals surface area contributed by atoms with Crippen LogP contribution in [0.2, 0.25) is 5.02 Å². The quantitative estimate of drug-likeness (QED) is 0.723. The van der Waals surface area contributed by atoms with Crippen LogP contribution in [-0.4, -0.2) is 10.8 Å². The minimum absolute atomic E-state index is 0.117. The van der Waals surface area contributed by atoms with Crippen molar-refractivity contribution in [3.05, 3.63) is 70.4 Å². The molecular formula is C16H9ClN2O. The summed E-state index contributed by atoms with van der Waals surface area (Å²) in [5.41, 5.74) is 2.42. The number of halogens is 1. The lowest BCUT2D eigenvalue weighted by Gasteiger charge is -2.00. The Kier molecular flexibility index (Phi) is 3.02. The van der Waals surface area contributed by atoms with Crippen LogP contribution in [0.5, 0.6) is 0 Å². The summed E-state index contributed by atoms with van der Waals surface area (Å²) in [5, 5.41) is 10.2. The predicted molar refractivity (Wildman–Crippen MR) is 77.9 cm³/mol. The maximum Gasteiger partial charge on any atom is 0.195 e. The van der Waals surface area contributed by atoms with E-state index < -0.39 is 0 Å². The van der Waals surface area contributed by atoms with Crippen LogP contribution in [0.25, 0.3) is 10.9 Å². The first-order chi connectivity index (χ1) is 9.69. The molecule has 0 spiro atoms. The smallest absolute Gasteiger partial charge is 0.195 e. The van der Waals surface area contributed by atoms with Gasteiger partial charge < -0.3 is 4.98 Å². The molecule has 0 saturated heterocycles. The molecule has 2 aromatic carbocycles. The molecule has 0 unspecified atom stereocenters. The molecule has 4 heteroatoms.